The number of fused-ring (bicyclic) bond motifs is 1. The number of hydrogen-bond acceptors (Lipinski definition) is 2. The lowest BCUT2D eigenvalue weighted by Crippen LogP contribution is -2.05. The standard InChI is InChI=1S/C19H31N3/c1-4-5-6-7-8-9-10-14-22-17-13-11-12-16(20)18(17)21-19(22)15(2)3/h11-13,15H,4-10,14,20H2,1-3H3. The maximum Gasteiger partial charge on any atom is 0.112 e. The molecule has 0 saturated carbocycles. The number of nitrogens with zero attached hydrogens (tertiary/aromatic N) is 2. The van der Waals surface area contributed by atoms with Crippen LogP contribution in [0, 0.1) is 0 Å². The van der Waals surface area contributed by atoms with Crippen molar-refractivity contribution in [1.29, 1.82) is 0 Å². The quantitative estimate of drug-likeness (QED) is 0.491. The summed E-state index contributed by atoms with van der Waals surface area (Å²) in [6.45, 7) is 7.74. The summed E-state index contributed by atoms with van der Waals surface area (Å²) in [5.41, 5.74) is 9.03. The van der Waals surface area contributed by atoms with Crippen molar-refractivity contribution in [3.05, 3.63) is 24.0 Å². The van der Waals surface area contributed by atoms with Crippen LogP contribution in [0.15, 0.2) is 18.2 Å². The van der Waals surface area contributed by atoms with E-state index in [2.05, 4.69) is 31.4 Å². The molecule has 0 amide bonds. The van der Waals surface area contributed by atoms with Gasteiger partial charge in [-0.15, -0.1) is 0 Å². The van der Waals surface area contributed by atoms with Gasteiger partial charge in [-0.05, 0) is 18.6 Å². The second-order valence-corrected chi connectivity index (χ2v) is 6.61. The normalized spacial score (nSPS) is 11.6. The van der Waals surface area contributed by atoms with Crippen LogP contribution < -0.4 is 5.73 Å². The summed E-state index contributed by atoms with van der Waals surface area (Å²) in [4.78, 5) is 4.79. The van der Waals surface area contributed by atoms with Gasteiger partial charge in [-0.25, -0.2) is 4.98 Å². The molecule has 2 N–H and O–H groups in total. The van der Waals surface area contributed by atoms with Crippen molar-refractivity contribution in [1.82, 2.24) is 9.55 Å². The number of benzene rings is 1. The molecule has 0 spiro atoms. The van der Waals surface area contributed by atoms with Crippen molar-refractivity contribution in [2.45, 2.75) is 78.2 Å². The van der Waals surface area contributed by atoms with Crippen LogP contribution in [0.3, 0.4) is 0 Å². The van der Waals surface area contributed by atoms with Crippen LogP contribution >= 0.6 is 0 Å². The summed E-state index contributed by atoms with van der Waals surface area (Å²) in [6, 6.07) is 6.12. The highest BCUT2D eigenvalue weighted by Crippen LogP contribution is 2.26. The van der Waals surface area contributed by atoms with Crippen LogP contribution in [-0.4, -0.2) is 9.55 Å². The molecule has 0 unspecified atom stereocenters. The molecule has 0 fully saturated rings. The van der Waals surface area contributed by atoms with Gasteiger partial charge < -0.3 is 10.3 Å². The Bertz CT molecular complexity index is 584. The summed E-state index contributed by atoms with van der Waals surface area (Å²) in [7, 11) is 0. The van der Waals surface area contributed by atoms with Crippen LogP contribution in [0.5, 0.6) is 0 Å². The van der Waals surface area contributed by atoms with E-state index < -0.39 is 0 Å². The van der Waals surface area contributed by atoms with Crippen molar-refractivity contribution in [2.24, 2.45) is 0 Å². The number of rotatable bonds is 9. The van der Waals surface area contributed by atoms with Crippen LogP contribution in [0.1, 0.15) is 77.5 Å². The molecule has 122 valence electrons. The van der Waals surface area contributed by atoms with Gasteiger partial charge in [0, 0.05) is 12.5 Å². The first kappa shape index (κ1) is 16.9. The zero-order valence-corrected chi connectivity index (χ0v) is 14.4. The molecular formula is C19H31N3. The lowest BCUT2D eigenvalue weighted by Gasteiger charge is -2.11. The maximum absolute atomic E-state index is 6.09. The van der Waals surface area contributed by atoms with Gasteiger partial charge in [-0.3, -0.25) is 0 Å². The Morgan fingerprint density at radius 1 is 1.05 bits per heavy atom. The molecule has 2 rings (SSSR count). The Morgan fingerprint density at radius 3 is 2.41 bits per heavy atom. The smallest absolute Gasteiger partial charge is 0.112 e. The Kier molecular flexibility index (Phi) is 6.29. The van der Waals surface area contributed by atoms with E-state index in [0.717, 1.165) is 17.7 Å². The first-order valence-electron chi connectivity index (χ1n) is 8.89. The maximum atomic E-state index is 6.09. The zero-order valence-electron chi connectivity index (χ0n) is 14.4. The topological polar surface area (TPSA) is 43.8 Å². The van der Waals surface area contributed by atoms with Gasteiger partial charge >= 0.3 is 0 Å². The number of nitrogen functional groups attached to an aromatic ring is 1. The molecule has 0 bridgehead atoms. The van der Waals surface area contributed by atoms with Crippen LogP contribution in [-0.2, 0) is 6.54 Å². The molecular weight excluding hydrogens is 270 g/mol. The van der Waals surface area contributed by atoms with E-state index in [1.165, 1.54) is 56.3 Å². The van der Waals surface area contributed by atoms with Gasteiger partial charge in [-0.1, -0.05) is 65.4 Å². The van der Waals surface area contributed by atoms with Gasteiger partial charge in [0.1, 0.15) is 11.3 Å². The van der Waals surface area contributed by atoms with Crippen LogP contribution in [0.2, 0.25) is 0 Å². The lowest BCUT2D eigenvalue weighted by molar-refractivity contribution is 0.539. The highest BCUT2D eigenvalue weighted by Gasteiger charge is 2.14. The SMILES string of the molecule is CCCCCCCCCn1c(C(C)C)nc2c(N)cccc21. The van der Waals surface area contributed by atoms with E-state index in [0.29, 0.717) is 5.92 Å². The van der Waals surface area contributed by atoms with Crippen molar-refractivity contribution >= 4 is 16.7 Å². The fraction of sp³-hybridized carbons (Fsp3) is 0.632. The van der Waals surface area contributed by atoms with Crippen LogP contribution in [0.25, 0.3) is 11.0 Å². The minimum absolute atomic E-state index is 0.427. The Morgan fingerprint density at radius 2 is 1.73 bits per heavy atom. The lowest BCUT2D eigenvalue weighted by atomic mass is 10.1. The Balaban J connectivity index is 2.00. The molecule has 0 saturated heterocycles. The summed E-state index contributed by atoms with van der Waals surface area (Å²) >= 11 is 0. The summed E-state index contributed by atoms with van der Waals surface area (Å²) < 4.78 is 2.38. The van der Waals surface area contributed by atoms with Crippen molar-refractivity contribution in [3.8, 4) is 0 Å². The zero-order chi connectivity index (χ0) is 15.9. The fourth-order valence-corrected chi connectivity index (χ4v) is 3.09. The molecule has 3 nitrogen and oxygen atoms in total. The third-order valence-electron chi connectivity index (χ3n) is 4.34. The summed E-state index contributed by atoms with van der Waals surface area (Å²) in [5, 5.41) is 0. The van der Waals surface area contributed by atoms with Gasteiger partial charge in [-0.2, -0.15) is 0 Å². The fourth-order valence-electron chi connectivity index (χ4n) is 3.09. The van der Waals surface area contributed by atoms with Crippen LogP contribution in [0.4, 0.5) is 5.69 Å². The molecule has 0 aliphatic rings. The van der Waals surface area contributed by atoms with Crippen molar-refractivity contribution < 1.29 is 0 Å². The molecule has 3 heteroatoms. The molecule has 1 heterocycles. The largest absolute Gasteiger partial charge is 0.397 e. The Labute approximate surface area is 134 Å². The minimum Gasteiger partial charge on any atom is -0.397 e. The first-order chi connectivity index (χ1) is 10.6. The van der Waals surface area contributed by atoms with Gasteiger partial charge in [0.05, 0.1) is 11.2 Å². The molecule has 1 aromatic heterocycles. The molecule has 1 aromatic carbocycles. The Hall–Kier alpha value is -1.51. The minimum atomic E-state index is 0.427. The third kappa shape index (κ3) is 4.02. The number of para-hydroxylation sites is 1. The third-order valence-corrected chi connectivity index (χ3v) is 4.34. The molecule has 0 aliphatic carbocycles. The van der Waals surface area contributed by atoms with E-state index in [-0.39, 0.29) is 0 Å². The van der Waals surface area contributed by atoms with Gasteiger partial charge in [0.2, 0.25) is 0 Å². The predicted molar refractivity (Wildman–Crippen MR) is 96.2 cm³/mol. The van der Waals surface area contributed by atoms with E-state index >= 15 is 0 Å². The number of nitrogens with two attached hydrogens (primary N) is 1. The summed E-state index contributed by atoms with van der Waals surface area (Å²) in [6.07, 6.45) is 9.35. The van der Waals surface area contributed by atoms with E-state index in [9.17, 15) is 0 Å². The predicted octanol–water partition coefficient (Wildman–Crippen LogP) is 5.49. The number of aromatic nitrogens is 2. The van der Waals surface area contributed by atoms with E-state index in [1.54, 1.807) is 0 Å². The van der Waals surface area contributed by atoms with E-state index in [1.807, 2.05) is 12.1 Å². The van der Waals surface area contributed by atoms with E-state index in [4.69, 9.17) is 10.7 Å². The van der Waals surface area contributed by atoms with Gasteiger partial charge in [0.25, 0.3) is 0 Å². The van der Waals surface area contributed by atoms with Crippen molar-refractivity contribution in [3.63, 3.8) is 0 Å². The number of aryl methyl sites for hydroxylation is 1. The monoisotopic (exact) mass is 301 g/mol. The molecule has 2 aromatic rings. The number of hydrogen-bond donors (Lipinski definition) is 1. The number of unbranched alkanes of at least 4 members (excludes halogenated alkanes) is 6. The number of anilines is 1. The molecule has 0 aliphatic heterocycles. The summed E-state index contributed by atoms with van der Waals surface area (Å²) in [5.74, 6) is 1.59. The highest BCUT2D eigenvalue weighted by atomic mass is 15.1. The second-order valence-electron chi connectivity index (χ2n) is 6.61. The molecule has 0 atom stereocenters. The average molecular weight is 301 g/mol. The number of imidazole rings is 1. The highest BCUT2D eigenvalue weighted by molar-refractivity contribution is 5.87. The van der Waals surface area contributed by atoms with Crippen molar-refractivity contribution in [2.75, 3.05) is 5.73 Å². The molecule has 22 heavy (non-hydrogen) atoms. The average Bonchev–Trinajstić information content (AvgIpc) is 2.87. The second kappa shape index (κ2) is 8.21. The van der Waals surface area contributed by atoms with Gasteiger partial charge in [0.15, 0.2) is 0 Å². The molecule has 0 radical (unpaired) electrons. The first-order valence-corrected chi connectivity index (χ1v) is 8.89.